The lowest BCUT2D eigenvalue weighted by atomic mass is 9.64. The van der Waals surface area contributed by atoms with E-state index in [4.69, 9.17) is 11.6 Å². The van der Waals surface area contributed by atoms with Gasteiger partial charge in [0.1, 0.15) is 0 Å². The molecule has 118 valence electrons. The quantitative estimate of drug-likeness (QED) is 0.837. The molecule has 4 rings (SSSR count). The molecule has 2 aromatic carbocycles. The predicted octanol–water partition coefficient (Wildman–Crippen LogP) is 4.30. The Labute approximate surface area is 144 Å². The average Bonchev–Trinajstić information content (AvgIpc) is 2.89. The SMILES string of the molecule is O=C1c2ccccc2CC[C@]12[C@@H](c1cccc(Cl)c1)SC[C@@H]2O. The zero-order valence-corrected chi connectivity index (χ0v) is 14.1. The van der Waals surface area contributed by atoms with Crippen molar-refractivity contribution >= 4 is 29.1 Å². The Hall–Kier alpha value is -1.29. The lowest BCUT2D eigenvalue weighted by molar-refractivity contribution is 0.0325. The number of halogens is 1. The summed E-state index contributed by atoms with van der Waals surface area (Å²) in [5.74, 6) is 0.673. The van der Waals surface area contributed by atoms with Crippen LogP contribution >= 0.6 is 23.4 Å². The Kier molecular flexibility index (Phi) is 3.75. The third-order valence-electron chi connectivity index (χ3n) is 5.13. The van der Waals surface area contributed by atoms with Gasteiger partial charge in [0.2, 0.25) is 0 Å². The molecule has 2 aliphatic rings. The molecule has 2 nitrogen and oxygen atoms in total. The molecular weight excluding hydrogens is 328 g/mol. The lowest BCUT2D eigenvalue weighted by Crippen LogP contribution is -2.46. The molecule has 1 spiro atoms. The van der Waals surface area contributed by atoms with E-state index in [0.717, 1.165) is 23.1 Å². The molecule has 0 bridgehead atoms. The molecule has 1 saturated heterocycles. The van der Waals surface area contributed by atoms with Crippen LogP contribution in [-0.2, 0) is 6.42 Å². The fourth-order valence-corrected chi connectivity index (χ4v) is 5.85. The molecule has 0 aromatic heterocycles. The van der Waals surface area contributed by atoms with Gasteiger partial charge in [0.25, 0.3) is 0 Å². The van der Waals surface area contributed by atoms with Gasteiger partial charge < -0.3 is 5.11 Å². The monoisotopic (exact) mass is 344 g/mol. The van der Waals surface area contributed by atoms with Crippen molar-refractivity contribution in [3.8, 4) is 0 Å². The topological polar surface area (TPSA) is 37.3 Å². The summed E-state index contributed by atoms with van der Waals surface area (Å²) in [6.07, 6.45) is 0.905. The van der Waals surface area contributed by atoms with Gasteiger partial charge in [0.05, 0.1) is 11.5 Å². The van der Waals surface area contributed by atoms with E-state index in [2.05, 4.69) is 0 Å². The summed E-state index contributed by atoms with van der Waals surface area (Å²) < 4.78 is 0. The molecule has 23 heavy (non-hydrogen) atoms. The van der Waals surface area contributed by atoms with E-state index in [0.29, 0.717) is 17.2 Å². The zero-order valence-electron chi connectivity index (χ0n) is 12.5. The molecule has 3 atom stereocenters. The maximum atomic E-state index is 13.3. The normalized spacial score (nSPS) is 29.7. The number of ketones is 1. The van der Waals surface area contributed by atoms with Gasteiger partial charge in [-0.1, -0.05) is 48.0 Å². The van der Waals surface area contributed by atoms with E-state index >= 15 is 0 Å². The highest BCUT2D eigenvalue weighted by atomic mass is 35.5. The minimum Gasteiger partial charge on any atom is -0.391 e. The number of aliphatic hydroxyl groups is 1. The first kappa shape index (κ1) is 15.3. The number of hydrogen-bond donors (Lipinski definition) is 1. The summed E-state index contributed by atoms with van der Waals surface area (Å²) in [5, 5.41) is 11.4. The van der Waals surface area contributed by atoms with E-state index in [1.807, 2.05) is 48.5 Å². The first-order chi connectivity index (χ1) is 11.1. The number of hydrogen-bond acceptors (Lipinski definition) is 3. The molecule has 1 N–H and O–H groups in total. The first-order valence-corrected chi connectivity index (χ1v) is 9.23. The lowest BCUT2D eigenvalue weighted by Gasteiger charge is -2.40. The molecule has 1 fully saturated rings. The van der Waals surface area contributed by atoms with Gasteiger partial charge in [0, 0.05) is 21.6 Å². The van der Waals surface area contributed by atoms with Crippen molar-refractivity contribution < 1.29 is 9.90 Å². The summed E-state index contributed by atoms with van der Waals surface area (Å²) in [6, 6.07) is 15.5. The van der Waals surface area contributed by atoms with Crippen LogP contribution in [0.5, 0.6) is 0 Å². The van der Waals surface area contributed by atoms with Crippen molar-refractivity contribution in [3.05, 3.63) is 70.2 Å². The largest absolute Gasteiger partial charge is 0.391 e. The van der Waals surface area contributed by atoms with Crippen molar-refractivity contribution in [2.45, 2.75) is 24.2 Å². The Balaban J connectivity index is 1.83. The third-order valence-corrected chi connectivity index (χ3v) is 6.90. The van der Waals surface area contributed by atoms with Crippen LogP contribution in [0.2, 0.25) is 5.02 Å². The van der Waals surface area contributed by atoms with Gasteiger partial charge in [-0.05, 0) is 36.1 Å². The zero-order chi connectivity index (χ0) is 16.0. The number of fused-ring (bicyclic) bond motifs is 1. The summed E-state index contributed by atoms with van der Waals surface area (Å²) >= 11 is 7.81. The van der Waals surface area contributed by atoms with Gasteiger partial charge >= 0.3 is 0 Å². The van der Waals surface area contributed by atoms with Crippen LogP contribution < -0.4 is 0 Å². The van der Waals surface area contributed by atoms with Crippen molar-refractivity contribution in [3.63, 3.8) is 0 Å². The number of thioether (sulfide) groups is 1. The molecule has 4 heteroatoms. The van der Waals surface area contributed by atoms with Gasteiger partial charge in [-0.2, -0.15) is 0 Å². The van der Waals surface area contributed by atoms with Gasteiger partial charge in [-0.25, -0.2) is 0 Å². The highest BCUT2D eigenvalue weighted by molar-refractivity contribution is 7.99. The second-order valence-corrected chi connectivity index (χ2v) is 7.89. The minimum absolute atomic E-state index is 0.0444. The van der Waals surface area contributed by atoms with Crippen LogP contribution in [0.4, 0.5) is 0 Å². The predicted molar refractivity (Wildman–Crippen MR) is 94.2 cm³/mol. The van der Waals surface area contributed by atoms with Gasteiger partial charge in [-0.3, -0.25) is 4.79 Å². The summed E-state index contributed by atoms with van der Waals surface area (Å²) in [4.78, 5) is 13.3. The second kappa shape index (κ2) is 5.66. The Bertz CT molecular complexity index is 775. The number of rotatable bonds is 1. The van der Waals surface area contributed by atoms with Gasteiger partial charge in [-0.15, -0.1) is 11.8 Å². The average molecular weight is 345 g/mol. The number of aryl methyl sites for hydroxylation is 1. The number of carbonyl (C=O) groups excluding carboxylic acids is 1. The first-order valence-electron chi connectivity index (χ1n) is 7.81. The smallest absolute Gasteiger partial charge is 0.173 e. The van der Waals surface area contributed by atoms with Crippen LogP contribution in [0.1, 0.15) is 33.2 Å². The van der Waals surface area contributed by atoms with Crippen LogP contribution in [0.25, 0.3) is 0 Å². The van der Waals surface area contributed by atoms with Crippen molar-refractivity contribution in [1.29, 1.82) is 0 Å². The van der Waals surface area contributed by atoms with E-state index in [9.17, 15) is 9.90 Å². The molecule has 1 aliphatic carbocycles. The number of carbonyl (C=O) groups is 1. The summed E-state index contributed by atoms with van der Waals surface area (Å²) in [7, 11) is 0. The van der Waals surface area contributed by atoms with Gasteiger partial charge in [0.15, 0.2) is 5.78 Å². The maximum Gasteiger partial charge on any atom is 0.173 e. The van der Waals surface area contributed by atoms with Crippen LogP contribution in [0.3, 0.4) is 0 Å². The number of benzene rings is 2. The van der Waals surface area contributed by atoms with E-state index in [1.165, 1.54) is 0 Å². The van der Waals surface area contributed by atoms with Crippen LogP contribution in [0.15, 0.2) is 48.5 Å². The highest BCUT2D eigenvalue weighted by Gasteiger charge is 2.57. The molecular formula is C19H17ClO2S. The number of aliphatic hydroxyl groups excluding tert-OH is 1. The van der Waals surface area contributed by atoms with E-state index in [-0.39, 0.29) is 11.0 Å². The Morgan fingerprint density at radius 2 is 2.00 bits per heavy atom. The molecule has 0 saturated carbocycles. The van der Waals surface area contributed by atoms with Crippen molar-refractivity contribution in [2.75, 3.05) is 5.75 Å². The molecule has 0 amide bonds. The Morgan fingerprint density at radius 3 is 2.83 bits per heavy atom. The third kappa shape index (κ3) is 2.25. The van der Waals surface area contributed by atoms with E-state index < -0.39 is 11.5 Å². The minimum atomic E-state index is -0.732. The summed E-state index contributed by atoms with van der Waals surface area (Å²) in [5.41, 5.74) is 2.17. The van der Waals surface area contributed by atoms with Crippen LogP contribution in [0, 0.1) is 5.41 Å². The molecule has 0 unspecified atom stereocenters. The summed E-state index contributed by atoms with van der Waals surface area (Å²) in [6.45, 7) is 0. The molecule has 1 heterocycles. The molecule has 2 aromatic rings. The fourth-order valence-electron chi connectivity index (χ4n) is 3.96. The maximum absolute atomic E-state index is 13.3. The van der Waals surface area contributed by atoms with Crippen LogP contribution in [-0.4, -0.2) is 22.7 Å². The fraction of sp³-hybridized carbons (Fsp3) is 0.316. The molecule has 1 aliphatic heterocycles. The number of Topliss-reactive ketones (excluding diaryl/α,β-unsaturated/α-hetero) is 1. The van der Waals surface area contributed by atoms with Crippen molar-refractivity contribution in [1.82, 2.24) is 0 Å². The molecule has 0 radical (unpaired) electrons. The standard InChI is InChI=1S/C19H17ClO2S/c20-14-6-3-5-13(10-14)18-19(16(21)11-23-18)9-8-12-4-1-2-7-15(12)17(19)22/h1-7,10,16,18,21H,8-9,11H2/t16-,18+,19+/m0/s1. The second-order valence-electron chi connectivity index (χ2n) is 6.31. The van der Waals surface area contributed by atoms with Crippen molar-refractivity contribution in [2.24, 2.45) is 5.41 Å². The van der Waals surface area contributed by atoms with E-state index in [1.54, 1.807) is 11.8 Å². The highest BCUT2D eigenvalue weighted by Crippen LogP contribution is 2.58. The Morgan fingerprint density at radius 1 is 1.17 bits per heavy atom.